The fraction of sp³-hybridized carbons (Fsp3) is 0.611. The van der Waals surface area contributed by atoms with E-state index < -0.39 is 5.41 Å². The number of anilines is 1. The first-order valence-electron chi connectivity index (χ1n) is 8.98. The highest BCUT2D eigenvalue weighted by molar-refractivity contribution is 6.32. The van der Waals surface area contributed by atoms with E-state index in [0.717, 1.165) is 25.3 Å². The molecule has 1 unspecified atom stereocenters. The molecular weight excluding hydrogens is 352 g/mol. The van der Waals surface area contributed by atoms with Crippen LogP contribution in [0.5, 0.6) is 0 Å². The zero-order chi connectivity index (χ0) is 19.2. The molecule has 1 aliphatic heterocycles. The Balaban J connectivity index is 1.87. The summed E-state index contributed by atoms with van der Waals surface area (Å²) >= 11 is 6.24. The number of hydrogen-bond acceptors (Lipinski definition) is 4. The number of carbonyl (C=O) groups is 1. The molecule has 0 bridgehead atoms. The van der Waals surface area contributed by atoms with Crippen LogP contribution in [0.1, 0.15) is 27.2 Å². The van der Waals surface area contributed by atoms with Crippen molar-refractivity contribution >= 4 is 29.3 Å². The molecule has 8 heteroatoms. The normalized spacial score (nSPS) is 18.0. The Labute approximate surface area is 160 Å². The van der Waals surface area contributed by atoms with Gasteiger partial charge in [-0.3, -0.25) is 9.79 Å². The topological polar surface area (TPSA) is 81.6 Å². The highest BCUT2D eigenvalue weighted by Gasteiger charge is 2.29. The average Bonchev–Trinajstić information content (AvgIpc) is 3.07. The SMILES string of the molecule is CCNC(=O)C(C)(C)CNC(=NC)NC1CCN(c2ncccc2Cl)C1. The third-order valence-corrected chi connectivity index (χ3v) is 4.74. The van der Waals surface area contributed by atoms with Crippen LogP contribution >= 0.6 is 11.6 Å². The van der Waals surface area contributed by atoms with Crippen LogP contribution in [-0.2, 0) is 4.79 Å². The molecule has 1 amide bonds. The van der Waals surface area contributed by atoms with Gasteiger partial charge in [0.1, 0.15) is 5.82 Å². The summed E-state index contributed by atoms with van der Waals surface area (Å²) < 4.78 is 0. The van der Waals surface area contributed by atoms with Crippen molar-refractivity contribution in [1.82, 2.24) is 20.9 Å². The first-order valence-corrected chi connectivity index (χ1v) is 9.36. The Morgan fingerprint density at radius 1 is 1.46 bits per heavy atom. The molecule has 0 radical (unpaired) electrons. The third kappa shape index (κ3) is 5.24. The smallest absolute Gasteiger partial charge is 0.227 e. The first-order chi connectivity index (χ1) is 12.4. The van der Waals surface area contributed by atoms with Gasteiger partial charge < -0.3 is 20.9 Å². The van der Waals surface area contributed by atoms with Crippen LogP contribution in [-0.4, -0.2) is 56.1 Å². The van der Waals surface area contributed by atoms with Crippen molar-refractivity contribution in [3.05, 3.63) is 23.4 Å². The van der Waals surface area contributed by atoms with Gasteiger partial charge in [-0.1, -0.05) is 11.6 Å². The number of hydrogen-bond donors (Lipinski definition) is 3. The lowest BCUT2D eigenvalue weighted by Gasteiger charge is -2.26. The Kier molecular flexibility index (Phi) is 7.08. The number of nitrogens with zero attached hydrogens (tertiary/aromatic N) is 3. The molecule has 1 aliphatic rings. The number of rotatable bonds is 6. The van der Waals surface area contributed by atoms with Crippen LogP contribution in [0.4, 0.5) is 5.82 Å². The number of carbonyl (C=O) groups excluding carboxylic acids is 1. The summed E-state index contributed by atoms with van der Waals surface area (Å²) in [5.41, 5.74) is -0.517. The lowest BCUT2D eigenvalue weighted by atomic mass is 9.92. The summed E-state index contributed by atoms with van der Waals surface area (Å²) in [6, 6.07) is 3.93. The predicted molar refractivity (Wildman–Crippen MR) is 107 cm³/mol. The van der Waals surface area contributed by atoms with Gasteiger partial charge in [-0.25, -0.2) is 4.98 Å². The number of nitrogens with one attached hydrogen (secondary N) is 3. The van der Waals surface area contributed by atoms with Gasteiger partial charge in [0.25, 0.3) is 0 Å². The maximum Gasteiger partial charge on any atom is 0.227 e. The molecule has 7 nitrogen and oxygen atoms in total. The van der Waals surface area contributed by atoms with Crippen LogP contribution in [0.15, 0.2) is 23.3 Å². The van der Waals surface area contributed by atoms with E-state index in [1.807, 2.05) is 32.9 Å². The molecule has 1 fully saturated rings. The van der Waals surface area contributed by atoms with Gasteiger partial charge in [0, 0.05) is 45.5 Å². The van der Waals surface area contributed by atoms with Crippen LogP contribution in [0.25, 0.3) is 0 Å². The Hall–Kier alpha value is -2.02. The van der Waals surface area contributed by atoms with Gasteiger partial charge in [0.2, 0.25) is 5.91 Å². The lowest BCUT2D eigenvalue weighted by molar-refractivity contribution is -0.128. The number of halogens is 1. The molecule has 0 aromatic carbocycles. The molecule has 2 heterocycles. The summed E-state index contributed by atoms with van der Waals surface area (Å²) in [6.07, 6.45) is 2.72. The van der Waals surface area contributed by atoms with Crippen LogP contribution in [0.2, 0.25) is 5.02 Å². The minimum absolute atomic E-state index is 0.0276. The van der Waals surface area contributed by atoms with E-state index in [-0.39, 0.29) is 11.9 Å². The predicted octanol–water partition coefficient (Wildman–Crippen LogP) is 1.64. The van der Waals surface area contributed by atoms with Crippen LogP contribution < -0.4 is 20.9 Å². The number of aromatic nitrogens is 1. The van der Waals surface area contributed by atoms with Crippen molar-refractivity contribution in [1.29, 1.82) is 0 Å². The van der Waals surface area contributed by atoms with Crippen molar-refractivity contribution in [3.63, 3.8) is 0 Å². The monoisotopic (exact) mass is 380 g/mol. The van der Waals surface area contributed by atoms with Crippen LogP contribution in [0.3, 0.4) is 0 Å². The molecule has 0 spiro atoms. The molecule has 3 N–H and O–H groups in total. The van der Waals surface area contributed by atoms with E-state index in [4.69, 9.17) is 11.6 Å². The van der Waals surface area contributed by atoms with E-state index in [1.54, 1.807) is 13.2 Å². The van der Waals surface area contributed by atoms with Gasteiger partial charge in [0.05, 0.1) is 10.4 Å². The quantitative estimate of drug-likeness (QED) is 0.516. The van der Waals surface area contributed by atoms with E-state index in [2.05, 4.69) is 30.8 Å². The van der Waals surface area contributed by atoms with Gasteiger partial charge in [0.15, 0.2) is 5.96 Å². The Bertz CT molecular complexity index is 648. The second kappa shape index (κ2) is 9.07. The fourth-order valence-electron chi connectivity index (χ4n) is 2.85. The largest absolute Gasteiger partial charge is 0.356 e. The van der Waals surface area contributed by atoms with E-state index in [9.17, 15) is 4.79 Å². The number of pyridine rings is 1. The zero-order valence-electron chi connectivity index (χ0n) is 16.0. The minimum Gasteiger partial charge on any atom is -0.356 e. The van der Waals surface area contributed by atoms with E-state index in [0.29, 0.717) is 24.1 Å². The van der Waals surface area contributed by atoms with Gasteiger partial charge >= 0.3 is 0 Å². The standard InChI is InChI=1S/C18H29ClN6O/c1-5-21-16(26)18(2,3)12-23-17(20-4)24-13-8-10-25(11-13)15-14(19)7-6-9-22-15/h6-7,9,13H,5,8,10-12H2,1-4H3,(H,21,26)(H2,20,23,24). The molecule has 2 rings (SSSR count). The highest BCUT2D eigenvalue weighted by atomic mass is 35.5. The first kappa shape index (κ1) is 20.3. The molecule has 0 aliphatic carbocycles. The minimum atomic E-state index is -0.517. The highest BCUT2D eigenvalue weighted by Crippen LogP contribution is 2.25. The molecule has 1 aromatic rings. The zero-order valence-corrected chi connectivity index (χ0v) is 16.7. The number of amides is 1. The van der Waals surface area contributed by atoms with Crippen molar-refractivity contribution < 1.29 is 4.79 Å². The molecule has 1 saturated heterocycles. The lowest BCUT2D eigenvalue weighted by Crippen LogP contribution is -2.50. The summed E-state index contributed by atoms with van der Waals surface area (Å²) in [5, 5.41) is 10.2. The summed E-state index contributed by atoms with van der Waals surface area (Å²) in [5.74, 6) is 1.54. The third-order valence-electron chi connectivity index (χ3n) is 4.44. The van der Waals surface area contributed by atoms with Gasteiger partial charge in [-0.05, 0) is 39.3 Å². The summed E-state index contributed by atoms with van der Waals surface area (Å²) in [4.78, 5) is 22.9. The molecular formula is C18H29ClN6O. The fourth-order valence-corrected chi connectivity index (χ4v) is 3.09. The van der Waals surface area contributed by atoms with Gasteiger partial charge in [-0.15, -0.1) is 0 Å². The van der Waals surface area contributed by atoms with Crippen molar-refractivity contribution in [2.45, 2.75) is 33.2 Å². The van der Waals surface area contributed by atoms with Crippen molar-refractivity contribution in [3.8, 4) is 0 Å². The number of guanidine groups is 1. The molecule has 1 aromatic heterocycles. The average molecular weight is 381 g/mol. The molecule has 1 atom stereocenters. The molecule has 0 saturated carbocycles. The van der Waals surface area contributed by atoms with Crippen molar-refractivity contribution in [2.75, 3.05) is 38.1 Å². The van der Waals surface area contributed by atoms with E-state index in [1.165, 1.54) is 0 Å². The maximum atomic E-state index is 12.1. The second-order valence-corrected chi connectivity index (χ2v) is 7.46. The second-order valence-electron chi connectivity index (χ2n) is 7.05. The molecule has 26 heavy (non-hydrogen) atoms. The summed E-state index contributed by atoms with van der Waals surface area (Å²) in [6.45, 7) is 8.57. The maximum absolute atomic E-state index is 12.1. The van der Waals surface area contributed by atoms with Crippen LogP contribution in [0, 0.1) is 5.41 Å². The number of aliphatic imine (C=N–C) groups is 1. The van der Waals surface area contributed by atoms with Crippen molar-refractivity contribution in [2.24, 2.45) is 10.4 Å². The summed E-state index contributed by atoms with van der Waals surface area (Å²) in [7, 11) is 1.73. The Morgan fingerprint density at radius 2 is 2.23 bits per heavy atom. The van der Waals surface area contributed by atoms with E-state index >= 15 is 0 Å². The molecule has 144 valence electrons. The van der Waals surface area contributed by atoms with Gasteiger partial charge in [-0.2, -0.15) is 0 Å². The Morgan fingerprint density at radius 3 is 2.88 bits per heavy atom.